The highest BCUT2D eigenvalue weighted by Crippen LogP contribution is 2.32. The van der Waals surface area contributed by atoms with Gasteiger partial charge in [-0.2, -0.15) is 0 Å². The van der Waals surface area contributed by atoms with Crippen molar-refractivity contribution in [2.45, 2.75) is 70.0 Å². The molecule has 0 aliphatic carbocycles. The summed E-state index contributed by atoms with van der Waals surface area (Å²) in [6.07, 6.45) is 3.34. The molecule has 2 fully saturated rings. The Kier molecular flexibility index (Phi) is 6.92. The minimum atomic E-state index is -0.738. The van der Waals surface area contributed by atoms with Crippen LogP contribution in [-0.2, 0) is 4.74 Å². The number of hydrogen-bond acceptors (Lipinski definition) is 5. The molecule has 0 unspecified atom stereocenters. The van der Waals surface area contributed by atoms with Crippen molar-refractivity contribution >= 4 is 11.8 Å². The van der Waals surface area contributed by atoms with E-state index in [1.54, 1.807) is 11.0 Å². The second kappa shape index (κ2) is 9.10. The second-order valence-corrected chi connectivity index (χ2v) is 9.84. The zero-order valence-electron chi connectivity index (χ0n) is 18.5. The molecule has 1 amide bonds. The monoisotopic (exact) mass is 421 g/mol. The molecule has 0 aromatic heterocycles. The first kappa shape index (κ1) is 22.8. The highest BCUT2D eigenvalue weighted by atomic mass is 19.1. The summed E-state index contributed by atoms with van der Waals surface area (Å²) in [6, 6.07) is 4.98. The van der Waals surface area contributed by atoms with Crippen LogP contribution in [0.25, 0.3) is 0 Å². The van der Waals surface area contributed by atoms with Gasteiger partial charge >= 0.3 is 6.09 Å². The van der Waals surface area contributed by atoms with Crippen molar-refractivity contribution in [1.82, 2.24) is 9.80 Å². The largest absolute Gasteiger partial charge is 0.444 e. The lowest BCUT2D eigenvalue weighted by Gasteiger charge is -2.40. The SMILES string of the molecule is CC(C)(C)OC(=O)N1CCC(O)(CCN2CCC(c3ccc(N)cc3F)CC2)CC1. The fourth-order valence-electron chi connectivity index (χ4n) is 4.39. The van der Waals surface area contributed by atoms with E-state index in [2.05, 4.69) is 4.90 Å². The Morgan fingerprint density at radius 1 is 1.23 bits per heavy atom. The number of hydrogen-bond donors (Lipinski definition) is 2. The topological polar surface area (TPSA) is 79.0 Å². The number of nitrogens with zero attached hydrogens (tertiary/aromatic N) is 2. The first-order valence-corrected chi connectivity index (χ1v) is 11.0. The summed E-state index contributed by atoms with van der Waals surface area (Å²) < 4.78 is 19.6. The van der Waals surface area contributed by atoms with E-state index in [4.69, 9.17) is 10.5 Å². The van der Waals surface area contributed by atoms with Crippen LogP contribution in [0.1, 0.15) is 64.4 Å². The highest BCUT2D eigenvalue weighted by Gasteiger charge is 2.36. The minimum Gasteiger partial charge on any atom is -0.444 e. The van der Waals surface area contributed by atoms with Crippen molar-refractivity contribution in [3.8, 4) is 0 Å². The number of likely N-dealkylation sites (tertiary alicyclic amines) is 2. The number of halogens is 1. The Labute approximate surface area is 179 Å². The third-order valence-electron chi connectivity index (χ3n) is 6.29. The van der Waals surface area contributed by atoms with Gasteiger partial charge in [-0.1, -0.05) is 6.07 Å². The van der Waals surface area contributed by atoms with Crippen LogP contribution >= 0.6 is 0 Å². The number of nitrogen functional groups attached to an aromatic ring is 1. The van der Waals surface area contributed by atoms with Crippen LogP contribution in [0, 0.1) is 5.82 Å². The Bertz CT molecular complexity index is 734. The number of aliphatic hydroxyl groups is 1. The quantitative estimate of drug-likeness (QED) is 0.724. The van der Waals surface area contributed by atoms with Crippen molar-refractivity contribution in [3.05, 3.63) is 29.6 Å². The van der Waals surface area contributed by atoms with Gasteiger partial charge in [0.05, 0.1) is 5.60 Å². The van der Waals surface area contributed by atoms with E-state index < -0.39 is 11.2 Å². The maximum Gasteiger partial charge on any atom is 0.410 e. The second-order valence-electron chi connectivity index (χ2n) is 9.84. The van der Waals surface area contributed by atoms with E-state index in [0.29, 0.717) is 38.0 Å². The number of carbonyl (C=O) groups excluding carboxylic acids is 1. The molecular formula is C23H36FN3O3. The van der Waals surface area contributed by atoms with E-state index >= 15 is 0 Å². The van der Waals surface area contributed by atoms with Gasteiger partial charge in [0.2, 0.25) is 0 Å². The molecule has 2 heterocycles. The average molecular weight is 422 g/mol. The van der Waals surface area contributed by atoms with Gasteiger partial charge in [-0.05, 0) is 89.6 Å². The van der Waals surface area contributed by atoms with E-state index in [-0.39, 0.29) is 17.8 Å². The number of benzene rings is 1. The number of nitrogens with two attached hydrogens (primary N) is 1. The summed E-state index contributed by atoms with van der Waals surface area (Å²) in [5.41, 5.74) is 5.63. The Morgan fingerprint density at radius 3 is 2.43 bits per heavy atom. The van der Waals surface area contributed by atoms with Crippen LogP contribution in [-0.4, -0.2) is 64.9 Å². The van der Waals surface area contributed by atoms with E-state index in [9.17, 15) is 14.3 Å². The molecule has 3 rings (SSSR count). The van der Waals surface area contributed by atoms with Gasteiger partial charge in [-0.25, -0.2) is 9.18 Å². The predicted octanol–water partition coefficient (Wildman–Crippen LogP) is 3.74. The van der Waals surface area contributed by atoms with Gasteiger partial charge in [0.25, 0.3) is 0 Å². The summed E-state index contributed by atoms with van der Waals surface area (Å²) in [6.45, 7) is 9.22. The number of carbonyl (C=O) groups is 1. The van der Waals surface area contributed by atoms with Crippen LogP contribution in [0.5, 0.6) is 0 Å². The van der Waals surface area contributed by atoms with Crippen molar-refractivity contribution in [1.29, 1.82) is 0 Å². The summed E-state index contributed by atoms with van der Waals surface area (Å²) >= 11 is 0. The van der Waals surface area contributed by atoms with Gasteiger partial charge in [0.15, 0.2) is 0 Å². The van der Waals surface area contributed by atoms with E-state index in [1.807, 2.05) is 26.8 Å². The molecule has 0 spiro atoms. The van der Waals surface area contributed by atoms with Crippen LogP contribution in [0.2, 0.25) is 0 Å². The fourth-order valence-corrected chi connectivity index (χ4v) is 4.39. The first-order valence-electron chi connectivity index (χ1n) is 11.0. The summed E-state index contributed by atoms with van der Waals surface area (Å²) in [5.74, 6) is 0.0153. The standard InChI is InChI=1S/C23H36FN3O3/c1-22(2,3)30-21(28)27-14-9-23(29,10-15-27)8-13-26-11-6-17(7-12-26)19-5-4-18(25)16-20(19)24/h4-5,16-17,29H,6-15,25H2,1-3H3. The summed E-state index contributed by atoms with van der Waals surface area (Å²) in [7, 11) is 0. The molecule has 0 bridgehead atoms. The van der Waals surface area contributed by atoms with Gasteiger partial charge in [0.1, 0.15) is 11.4 Å². The van der Waals surface area contributed by atoms with Gasteiger partial charge in [-0.15, -0.1) is 0 Å². The van der Waals surface area contributed by atoms with Crippen LogP contribution in [0.4, 0.5) is 14.9 Å². The molecule has 2 aliphatic rings. The van der Waals surface area contributed by atoms with Crippen molar-refractivity contribution in [3.63, 3.8) is 0 Å². The fraction of sp³-hybridized carbons (Fsp3) is 0.696. The predicted molar refractivity (Wildman–Crippen MR) is 116 cm³/mol. The Balaban J connectivity index is 1.42. The molecular weight excluding hydrogens is 385 g/mol. The molecule has 6 nitrogen and oxygen atoms in total. The van der Waals surface area contributed by atoms with Gasteiger partial charge in [0, 0.05) is 25.3 Å². The molecule has 0 saturated carbocycles. The van der Waals surface area contributed by atoms with Crippen molar-refractivity contribution in [2.24, 2.45) is 0 Å². The molecule has 0 radical (unpaired) electrons. The van der Waals surface area contributed by atoms with Gasteiger partial charge in [-0.3, -0.25) is 0 Å². The molecule has 168 valence electrons. The molecule has 30 heavy (non-hydrogen) atoms. The minimum absolute atomic E-state index is 0.209. The summed E-state index contributed by atoms with van der Waals surface area (Å²) in [4.78, 5) is 16.2. The molecule has 7 heteroatoms. The molecule has 2 saturated heterocycles. The smallest absolute Gasteiger partial charge is 0.410 e. The lowest BCUT2D eigenvalue weighted by molar-refractivity contribution is -0.0416. The highest BCUT2D eigenvalue weighted by molar-refractivity contribution is 5.68. The Hall–Kier alpha value is -1.86. The van der Waals surface area contributed by atoms with Gasteiger partial charge < -0.3 is 25.4 Å². The lowest BCUT2D eigenvalue weighted by atomic mass is 9.86. The number of rotatable bonds is 4. The van der Waals surface area contributed by atoms with Crippen LogP contribution in [0.3, 0.4) is 0 Å². The number of piperidine rings is 2. The van der Waals surface area contributed by atoms with Crippen LogP contribution < -0.4 is 5.73 Å². The molecule has 3 N–H and O–H groups in total. The molecule has 0 atom stereocenters. The average Bonchev–Trinajstić information content (AvgIpc) is 2.66. The van der Waals surface area contributed by atoms with Crippen molar-refractivity contribution < 1.29 is 19.0 Å². The normalized spacial score (nSPS) is 20.9. The number of ether oxygens (including phenoxy) is 1. The van der Waals surface area contributed by atoms with Crippen LogP contribution in [0.15, 0.2) is 18.2 Å². The zero-order chi connectivity index (χ0) is 21.9. The molecule has 1 aromatic carbocycles. The van der Waals surface area contributed by atoms with Crippen molar-refractivity contribution in [2.75, 3.05) is 38.5 Å². The molecule has 2 aliphatic heterocycles. The lowest BCUT2D eigenvalue weighted by Crippen LogP contribution is -2.49. The maximum atomic E-state index is 14.2. The third kappa shape index (κ3) is 6.08. The summed E-state index contributed by atoms with van der Waals surface area (Å²) in [5, 5.41) is 11.0. The van der Waals surface area contributed by atoms with E-state index in [0.717, 1.165) is 38.0 Å². The third-order valence-corrected chi connectivity index (χ3v) is 6.29. The zero-order valence-corrected chi connectivity index (χ0v) is 18.5. The first-order chi connectivity index (χ1) is 14.0. The maximum absolute atomic E-state index is 14.2. The number of amides is 1. The van der Waals surface area contributed by atoms with E-state index in [1.165, 1.54) is 6.07 Å². The Morgan fingerprint density at radius 2 is 1.87 bits per heavy atom. The molecule has 1 aromatic rings. The number of anilines is 1.